The van der Waals surface area contributed by atoms with Gasteiger partial charge in [-0.25, -0.2) is 0 Å². The lowest BCUT2D eigenvalue weighted by Crippen LogP contribution is -2.36. The lowest BCUT2D eigenvalue weighted by atomic mass is 9.96. The van der Waals surface area contributed by atoms with E-state index in [1.165, 1.54) is 39.3 Å². The normalized spacial score (nSPS) is 22.4. The van der Waals surface area contributed by atoms with Crippen LogP contribution in [0.2, 0.25) is 0 Å². The summed E-state index contributed by atoms with van der Waals surface area (Å²) in [4.78, 5) is 7.04. The SMILES string of the molecule is Cc1cc(C)c(-n2c(C)cc([C@@H]3[C@@H](c4ccccn4)NC(=S)N3C[C@H]3CCCO3)c2C)c(C)c1. The lowest BCUT2D eigenvalue weighted by molar-refractivity contribution is 0.0842. The predicted octanol–water partition coefficient (Wildman–Crippen LogP) is 5.57. The van der Waals surface area contributed by atoms with E-state index in [4.69, 9.17) is 21.9 Å². The molecular formula is C28H34N4OS. The van der Waals surface area contributed by atoms with E-state index in [-0.39, 0.29) is 18.2 Å². The van der Waals surface area contributed by atoms with Crippen molar-refractivity contribution < 1.29 is 4.74 Å². The third-order valence-corrected chi connectivity index (χ3v) is 7.62. The highest BCUT2D eigenvalue weighted by atomic mass is 32.1. The number of aromatic nitrogens is 2. The smallest absolute Gasteiger partial charge is 0.170 e. The fourth-order valence-electron chi connectivity index (χ4n) is 5.90. The van der Waals surface area contributed by atoms with Gasteiger partial charge in [0, 0.05) is 30.7 Å². The third-order valence-electron chi connectivity index (χ3n) is 7.27. The number of hydrogen-bond donors (Lipinski definition) is 1. The first-order valence-electron chi connectivity index (χ1n) is 12.2. The zero-order valence-electron chi connectivity index (χ0n) is 20.8. The molecule has 5 rings (SSSR count). The molecule has 0 aliphatic carbocycles. The van der Waals surface area contributed by atoms with Crippen molar-refractivity contribution in [1.29, 1.82) is 0 Å². The van der Waals surface area contributed by atoms with Gasteiger partial charge in [0.1, 0.15) is 0 Å². The van der Waals surface area contributed by atoms with Crippen molar-refractivity contribution in [2.45, 2.75) is 65.6 Å². The molecule has 5 nitrogen and oxygen atoms in total. The van der Waals surface area contributed by atoms with Gasteiger partial charge in [-0.3, -0.25) is 4.98 Å². The Bertz CT molecular complexity index is 1190. The molecule has 0 spiro atoms. The fourth-order valence-corrected chi connectivity index (χ4v) is 6.22. The molecule has 1 aromatic carbocycles. The van der Waals surface area contributed by atoms with Crippen molar-refractivity contribution in [3.63, 3.8) is 0 Å². The van der Waals surface area contributed by atoms with Crippen LogP contribution in [0.15, 0.2) is 42.6 Å². The third kappa shape index (κ3) is 4.03. The van der Waals surface area contributed by atoms with Crippen molar-refractivity contribution in [3.8, 4) is 5.69 Å². The van der Waals surface area contributed by atoms with E-state index in [1.54, 1.807) is 0 Å². The zero-order valence-corrected chi connectivity index (χ0v) is 21.6. The number of thiocarbonyl (C=S) groups is 1. The monoisotopic (exact) mass is 474 g/mol. The second-order valence-corrected chi connectivity index (χ2v) is 10.2. The molecule has 2 aliphatic heterocycles. The van der Waals surface area contributed by atoms with Gasteiger partial charge in [-0.1, -0.05) is 23.8 Å². The Morgan fingerprint density at radius 3 is 2.50 bits per heavy atom. The first-order chi connectivity index (χ1) is 16.3. The number of rotatable bonds is 5. The molecule has 178 valence electrons. The van der Waals surface area contributed by atoms with Gasteiger partial charge >= 0.3 is 0 Å². The van der Waals surface area contributed by atoms with Gasteiger partial charge in [0.25, 0.3) is 0 Å². The largest absolute Gasteiger partial charge is 0.376 e. The van der Waals surface area contributed by atoms with Crippen LogP contribution in [0.25, 0.3) is 5.69 Å². The average molecular weight is 475 g/mol. The van der Waals surface area contributed by atoms with Gasteiger partial charge in [0.05, 0.1) is 29.6 Å². The van der Waals surface area contributed by atoms with Crippen LogP contribution in [0.3, 0.4) is 0 Å². The Labute approximate surface area is 208 Å². The van der Waals surface area contributed by atoms with Crippen LogP contribution in [-0.4, -0.2) is 38.8 Å². The van der Waals surface area contributed by atoms with Crippen molar-refractivity contribution >= 4 is 17.3 Å². The van der Waals surface area contributed by atoms with E-state index in [0.29, 0.717) is 0 Å². The molecule has 2 aromatic heterocycles. The zero-order chi connectivity index (χ0) is 24.0. The molecule has 1 N–H and O–H groups in total. The number of ether oxygens (including phenoxy) is 1. The molecular weight excluding hydrogens is 440 g/mol. The molecule has 0 unspecified atom stereocenters. The van der Waals surface area contributed by atoms with Gasteiger partial charge in [-0.2, -0.15) is 0 Å². The predicted molar refractivity (Wildman–Crippen MR) is 141 cm³/mol. The molecule has 6 heteroatoms. The quantitative estimate of drug-likeness (QED) is 0.490. The number of aryl methyl sites for hydroxylation is 4. The number of nitrogens with one attached hydrogen (secondary N) is 1. The van der Waals surface area contributed by atoms with E-state index >= 15 is 0 Å². The molecule has 2 fully saturated rings. The summed E-state index contributed by atoms with van der Waals surface area (Å²) in [5.41, 5.74) is 9.95. The molecule has 2 aliphatic rings. The van der Waals surface area contributed by atoms with E-state index < -0.39 is 0 Å². The maximum absolute atomic E-state index is 6.01. The summed E-state index contributed by atoms with van der Waals surface area (Å²) in [7, 11) is 0. The van der Waals surface area contributed by atoms with E-state index in [1.807, 2.05) is 12.3 Å². The van der Waals surface area contributed by atoms with E-state index in [9.17, 15) is 0 Å². The van der Waals surface area contributed by atoms with Crippen LogP contribution in [0, 0.1) is 34.6 Å². The van der Waals surface area contributed by atoms with Gasteiger partial charge in [0.15, 0.2) is 5.11 Å². The number of hydrogen-bond acceptors (Lipinski definition) is 3. The number of pyridine rings is 1. The van der Waals surface area contributed by atoms with Gasteiger partial charge in [-0.15, -0.1) is 0 Å². The standard InChI is InChI=1S/C28H34N4OS/c1-17-13-18(2)26(19(3)14-17)32-20(4)15-23(21(32)5)27-25(24-10-6-7-11-29-24)30-28(34)31(27)16-22-9-8-12-33-22/h6-7,10-11,13-15,22,25,27H,8-9,12,16H2,1-5H3,(H,30,34)/t22-,25-,27-/m1/s1. The number of nitrogens with zero attached hydrogens (tertiary/aromatic N) is 3. The summed E-state index contributed by atoms with van der Waals surface area (Å²) >= 11 is 5.89. The number of benzene rings is 1. The Morgan fingerprint density at radius 2 is 1.85 bits per heavy atom. The molecule has 34 heavy (non-hydrogen) atoms. The molecule has 0 amide bonds. The lowest BCUT2D eigenvalue weighted by Gasteiger charge is -2.30. The topological polar surface area (TPSA) is 42.3 Å². The van der Waals surface area contributed by atoms with Crippen LogP contribution >= 0.6 is 12.2 Å². The average Bonchev–Trinajstić information content (AvgIpc) is 3.49. The van der Waals surface area contributed by atoms with Gasteiger partial charge < -0.3 is 19.5 Å². The van der Waals surface area contributed by atoms with Crippen LogP contribution in [-0.2, 0) is 4.74 Å². The highest BCUT2D eigenvalue weighted by Gasteiger charge is 2.42. The van der Waals surface area contributed by atoms with Crippen molar-refractivity contribution in [1.82, 2.24) is 19.8 Å². The van der Waals surface area contributed by atoms with Crippen LogP contribution < -0.4 is 5.32 Å². The maximum Gasteiger partial charge on any atom is 0.170 e. The minimum atomic E-state index is -0.00994. The van der Waals surface area contributed by atoms with Crippen LogP contribution in [0.1, 0.15) is 64.3 Å². The van der Waals surface area contributed by atoms with Crippen molar-refractivity contribution in [3.05, 3.63) is 81.9 Å². The Morgan fingerprint density at radius 1 is 1.09 bits per heavy atom. The highest BCUT2D eigenvalue weighted by Crippen LogP contribution is 2.42. The first-order valence-corrected chi connectivity index (χ1v) is 12.6. The minimum Gasteiger partial charge on any atom is -0.376 e. The Balaban J connectivity index is 1.62. The molecule has 3 aromatic rings. The minimum absolute atomic E-state index is 0.00994. The first kappa shape index (κ1) is 23.1. The second kappa shape index (κ2) is 9.16. The van der Waals surface area contributed by atoms with Gasteiger partial charge in [-0.05, 0) is 94.6 Å². The molecule has 4 heterocycles. The van der Waals surface area contributed by atoms with E-state index in [2.05, 4.69) is 79.7 Å². The molecule has 0 radical (unpaired) electrons. The molecule has 0 saturated carbocycles. The van der Waals surface area contributed by atoms with Gasteiger partial charge in [0.2, 0.25) is 0 Å². The highest BCUT2D eigenvalue weighted by molar-refractivity contribution is 7.80. The Hall–Kier alpha value is -2.70. The Kier molecular flexibility index (Phi) is 6.21. The van der Waals surface area contributed by atoms with Crippen LogP contribution in [0.4, 0.5) is 0 Å². The summed E-state index contributed by atoms with van der Waals surface area (Å²) in [6, 6.07) is 13.0. The fraction of sp³-hybridized carbons (Fsp3) is 0.429. The molecule has 0 bridgehead atoms. The molecule has 2 saturated heterocycles. The summed E-state index contributed by atoms with van der Waals surface area (Å²) in [5.74, 6) is 0. The summed E-state index contributed by atoms with van der Waals surface area (Å²) in [6.45, 7) is 12.7. The summed E-state index contributed by atoms with van der Waals surface area (Å²) < 4.78 is 8.43. The van der Waals surface area contributed by atoms with Crippen molar-refractivity contribution in [2.24, 2.45) is 0 Å². The second-order valence-electron chi connectivity index (χ2n) is 9.82. The van der Waals surface area contributed by atoms with E-state index in [0.717, 1.165) is 36.8 Å². The summed E-state index contributed by atoms with van der Waals surface area (Å²) in [6.07, 6.45) is 4.28. The maximum atomic E-state index is 6.01. The summed E-state index contributed by atoms with van der Waals surface area (Å²) in [5, 5.41) is 4.38. The van der Waals surface area contributed by atoms with Crippen LogP contribution in [0.5, 0.6) is 0 Å². The van der Waals surface area contributed by atoms with Crippen molar-refractivity contribution in [2.75, 3.05) is 13.2 Å². The molecule has 3 atom stereocenters.